The highest BCUT2D eigenvalue weighted by Gasteiger charge is 2.27. The number of amides is 1. The van der Waals surface area contributed by atoms with E-state index in [1.807, 2.05) is 0 Å². The molecule has 0 bridgehead atoms. The number of rotatable bonds is 4. The summed E-state index contributed by atoms with van der Waals surface area (Å²) in [4.78, 5) is 22.5. The lowest BCUT2D eigenvalue weighted by Crippen LogP contribution is -2.49. The molecule has 1 aromatic rings. The maximum absolute atomic E-state index is 11.6. The lowest BCUT2D eigenvalue weighted by molar-refractivity contribution is -0.145. The standard InChI is InChI=1S/C13H13Cl2NO3/c1-13(2,12(18)19)16-11(17)7-6-8-9(14)4-3-5-10(8)15/h3-7H,1-2H3,(H,16,17)(H,18,19). The van der Waals surface area contributed by atoms with Gasteiger partial charge in [0, 0.05) is 21.7 Å². The number of benzene rings is 1. The molecule has 0 unspecified atom stereocenters. The fraction of sp³-hybridized carbons (Fsp3) is 0.231. The lowest BCUT2D eigenvalue weighted by Gasteiger charge is -2.19. The van der Waals surface area contributed by atoms with Crippen molar-refractivity contribution >= 4 is 41.2 Å². The molecule has 0 aliphatic heterocycles. The van der Waals surface area contributed by atoms with Gasteiger partial charge in [-0.1, -0.05) is 29.3 Å². The van der Waals surface area contributed by atoms with Crippen LogP contribution in [-0.2, 0) is 9.59 Å². The van der Waals surface area contributed by atoms with Crippen LogP contribution in [0.2, 0.25) is 10.0 Å². The average Bonchev–Trinajstić information content (AvgIpc) is 2.27. The molecule has 0 aliphatic rings. The minimum absolute atomic E-state index is 0.411. The second kappa shape index (κ2) is 6.08. The van der Waals surface area contributed by atoms with Gasteiger partial charge in [0.2, 0.25) is 5.91 Å². The molecular weight excluding hydrogens is 289 g/mol. The minimum Gasteiger partial charge on any atom is -0.480 e. The van der Waals surface area contributed by atoms with Crippen molar-refractivity contribution in [3.8, 4) is 0 Å². The zero-order valence-electron chi connectivity index (χ0n) is 10.4. The van der Waals surface area contributed by atoms with Crippen molar-refractivity contribution in [1.82, 2.24) is 5.32 Å². The molecule has 0 fully saturated rings. The summed E-state index contributed by atoms with van der Waals surface area (Å²) in [5, 5.41) is 12.1. The third kappa shape index (κ3) is 4.26. The number of aliphatic carboxylic acids is 1. The number of nitrogens with one attached hydrogen (secondary N) is 1. The Morgan fingerprint density at radius 3 is 2.26 bits per heavy atom. The number of carbonyl (C=O) groups excluding carboxylic acids is 1. The number of halogens is 2. The van der Waals surface area contributed by atoms with E-state index < -0.39 is 17.4 Å². The van der Waals surface area contributed by atoms with Gasteiger partial charge in [-0.15, -0.1) is 0 Å². The van der Waals surface area contributed by atoms with Gasteiger partial charge in [0.15, 0.2) is 0 Å². The van der Waals surface area contributed by atoms with Crippen molar-refractivity contribution in [2.45, 2.75) is 19.4 Å². The number of carboxylic acid groups (broad SMARTS) is 1. The van der Waals surface area contributed by atoms with Gasteiger partial charge in [-0.05, 0) is 32.1 Å². The summed E-state index contributed by atoms with van der Waals surface area (Å²) >= 11 is 11.9. The molecule has 0 aromatic heterocycles. The smallest absolute Gasteiger partial charge is 0.328 e. The van der Waals surface area contributed by atoms with Gasteiger partial charge in [0.1, 0.15) is 5.54 Å². The van der Waals surface area contributed by atoms with Crippen molar-refractivity contribution < 1.29 is 14.7 Å². The molecular formula is C13H13Cl2NO3. The Kier molecular flexibility index (Phi) is 4.97. The molecule has 0 heterocycles. The quantitative estimate of drug-likeness (QED) is 0.840. The molecule has 0 saturated carbocycles. The first-order chi connectivity index (χ1) is 8.74. The van der Waals surface area contributed by atoms with Crippen LogP contribution in [0.5, 0.6) is 0 Å². The highest BCUT2D eigenvalue weighted by Crippen LogP contribution is 2.25. The van der Waals surface area contributed by atoms with Crippen LogP contribution in [0, 0.1) is 0 Å². The largest absolute Gasteiger partial charge is 0.480 e. The van der Waals surface area contributed by atoms with E-state index >= 15 is 0 Å². The predicted molar refractivity (Wildman–Crippen MR) is 75.4 cm³/mol. The summed E-state index contributed by atoms with van der Waals surface area (Å²) in [7, 11) is 0. The molecule has 0 aliphatic carbocycles. The molecule has 0 radical (unpaired) electrons. The van der Waals surface area contributed by atoms with Gasteiger partial charge in [-0.25, -0.2) is 4.79 Å². The van der Waals surface area contributed by atoms with Crippen LogP contribution in [0.3, 0.4) is 0 Å². The summed E-state index contributed by atoms with van der Waals surface area (Å²) in [6, 6.07) is 4.98. The van der Waals surface area contributed by atoms with Crippen molar-refractivity contribution in [3.63, 3.8) is 0 Å². The molecule has 1 aromatic carbocycles. The molecule has 0 spiro atoms. The van der Waals surface area contributed by atoms with Crippen LogP contribution in [0.4, 0.5) is 0 Å². The SMILES string of the molecule is CC(C)(NC(=O)C=Cc1c(Cl)cccc1Cl)C(=O)O. The van der Waals surface area contributed by atoms with Crippen molar-refractivity contribution in [1.29, 1.82) is 0 Å². The summed E-state index contributed by atoms with van der Waals surface area (Å²) < 4.78 is 0. The van der Waals surface area contributed by atoms with Crippen LogP contribution in [0.25, 0.3) is 6.08 Å². The Bertz CT molecular complexity index is 518. The van der Waals surface area contributed by atoms with Gasteiger partial charge in [-0.2, -0.15) is 0 Å². The molecule has 0 atom stereocenters. The summed E-state index contributed by atoms with van der Waals surface area (Å²) in [5.41, 5.74) is -0.833. The Morgan fingerprint density at radius 2 is 1.79 bits per heavy atom. The third-order valence-corrected chi connectivity index (χ3v) is 3.03. The molecule has 0 saturated heterocycles. The van der Waals surface area contributed by atoms with E-state index in [-0.39, 0.29) is 0 Å². The summed E-state index contributed by atoms with van der Waals surface area (Å²) in [5.74, 6) is -1.66. The molecule has 1 amide bonds. The van der Waals surface area contributed by atoms with Crippen molar-refractivity contribution in [2.75, 3.05) is 0 Å². The Hall–Kier alpha value is -1.52. The van der Waals surface area contributed by atoms with Gasteiger partial charge in [0.05, 0.1) is 0 Å². The maximum Gasteiger partial charge on any atom is 0.328 e. The average molecular weight is 302 g/mol. The Balaban J connectivity index is 2.83. The lowest BCUT2D eigenvalue weighted by atomic mass is 10.1. The van der Waals surface area contributed by atoms with Crippen LogP contribution >= 0.6 is 23.2 Å². The van der Waals surface area contributed by atoms with E-state index in [1.54, 1.807) is 18.2 Å². The first-order valence-corrected chi connectivity index (χ1v) is 6.17. The van der Waals surface area contributed by atoms with Crippen LogP contribution < -0.4 is 5.32 Å². The molecule has 4 nitrogen and oxygen atoms in total. The number of carboxylic acids is 1. The fourth-order valence-electron chi connectivity index (χ4n) is 1.23. The van der Waals surface area contributed by atoms with Crippen LogP contribution in [0.1, 0.15) is 19.4 Å². The first kappa shape index (κ1) is 15.5. The molecule has 1 rings (SSSR count). The Labute approximate surface area is 121 Å². The van der Waals surface area contributed by atoms with E-state index in [9.17, 15) is 9.59 Å². The van der Waals surface area contributed by atoms with Gasteiger partial charge < -0.3 is 10.4 Å². The number of carbonyl (C=O) groups is 2. The highest BCUT2D eigenvalue weighted by atomic mass is 35.5. The van der Waals surface area contributed by atoms with E-state index in [1.165, 1.54) is 26.0 Å². The molecule has 102 valence electrons. The van der Waals surface area contributed by atoms with Crippen molar-refractivity contribution in [3.05, 3.63) is 39.9 Å². The van der Waals surface area contributed by atoms with Gasteiger partial charge in [0.25, 0.3) is 0 Å². The number of hydrogen-bond acceptors (Lipinski definition) is 2. The topological polar surface area (TPSA) is 66.4 Å². The second-order valence-corrected chi connectivity index (χ2v) is 5.20. The first-order valence-electron chi connectivity index (χ1n) is 5.41. The third-order valence-electron chi connectivity index (χ3n) is 2.37. The monoisotopic (exact) mass is 301 g/mol. The second-order valence-electron chi connectivity index (χ2n) is 4.39. The summed E-state index contributed by atoms with van der Waals surface area (Å²) in [6.07, 6.45) is 2.63. The van der Waals surface area contributed by atoms with Crippen LogP contribution in [0.15, 0.2) is 24.3 Å². The molecule has 2 N–H and O–H groups in total. The van der Waals surface area contributed by atoms with E-state index in [4.69, 9.17) is 28.3 Å². The normalized spacial score (nSPS) is 11.6. The predicted octanol–water partition coefficient (Wildman–Crippen LogP) is 2.99. The van der Waals surface area contributed by atoms with Crippen LogP contribution in [-0.4, -0.2) is 22.5 Å². The van der Waals surface area contributed by atoms with E-state index in [0.717, 1.165) is 0 Å². The molecule has 19 heavy (non-hydrogen) atoms. The van der Waals surface area contributed by atoms with Gasteiger partial charge in [-0.3, -0.25) is 4.79 Å². The van der Waals surface area contributed by atoms with E-state index in [0.29, 0.717) is 15.6 Å². The van der Waals surface area contributed by atoms with Crippen molar-refractivity contribution in [2.24, 2.45) is 0 Å². The highest BCUT2D eigenvalue weighted by molar-refractivity contribution is 6.37. The Morgan fingerprint density at radius 1 is 1.26 bits per heavy atom. The summed E-state index contributed by atoms with van der Waals surface area (Å²) in [6.45, 7) is 2.78. The zero-order chi connectivity index (χ0) is 14.6. The molecule has 6 heteroatoms. The minimum atomic E-state index is -1.34. The van der Waals surface area contributed by atoms with Gasteiger partial charge >= 0.3 is 5.97 Å². The maximum atomic E-state index is 11.6. The zero-order valence-corrected chi connectivity index (χ0v) is 11.9. The number of hydrogen-bond donors (Lipinski definition) is 2. The fourth-order valence-corrected chi connectivity index (χ4v) is 1.76. The van der Waals surface area contributed by atoms with E-state index in [2.05, 4.69) is 5.32 Å².